The van der Waals surface area contributed by atoms with Crippen LogP contribution in [0.25, 0.3) is 0 Å². The Labute approximate surface area is 76.1 Å². The van der Waals surface area contributed by atoms with E-state index in [4.69, 9.17) is 0 Å². The van der Waals surface area contributed by atoms with Crippen LogP contribution in [-0.4, -0.2) is 42.5 Å². The second-order valence-corrected chi connectivity index (χ2v) is 3.02. The number of alkyl halides is 1. The smallest absolute Gasteiger partial charge is 0.242 e. The summed E-state index contributed by atoms with van der Waals surface area (Å²) in [4.78, 5) is 23.8. The van der Waals surface area contributed by atoms with Crippen LogP contribution >= 0.6 is 0 Å². The quantitative estimate of drug-likeness (QED) is 0.660. The van der Waals surface area contributed by atoms with Crippen molar-refractivity contribution < 1.29 is 14.0 Å². The number of amides is 2. The topological polar surface area (TPSA) is 49.4 Å². The minimum Gasteiger partial charge on any atom is -0.345 e. The summed E-state index contributed by atoms with van der Waals surface area (Å²) >= 11 is 0. The van der Waals surface area contributed by atoms with E-state index >= 15 is 0 Å². The van der Waals surface area contributed by atoms with Gasteiger partial charge in [-0.1, -0.05) is 0 Å². The molecule has 74 valence electrons. The molecule has 1 aliphatic rings. The molecular formula is C8H13FN2O2. The van der Waals surface area contributed by atoms with Crippen LogP contribution in [-0.2, 0) is 9.59 Å². The number of hydrogen-bond donors (Lipinski definition) is 1. The number of carbonyl (C=O) groups is 2. The molecule has 1 rings (SSSR count). The molecule has 1 unspecified atom stereocenters. The molecular weight excluding hydrogens is 175 g/mol. The van der Waals surface area contributed by atoms with Gasteiger partial charge in [0, 0.05) is 6.54 Å². The normalized spacial score (nSPS) is 23.2. The van der Waals surface area contributed by atoms with Gasteiger partial charge in [-0.25, -0.2) is 0 Å². The number of carbonyl (C=O) groups excluding carboxylic acids is 2. The van der Waals surface area contributed by atoms with Gasteiger partial charge in [-0.15, -0.1) is 0 Å². The maximum Gasteiger partial charge on any atom is 0.242 e. The Hall–Kier alpha value is -1.13. The highest BCUT2D eigenvalue weighted by Gasteiger charge is 2.29. The van der Waals surface area contributed by atoms with Crippen molar-refractivity contribution in [2.75, 3.05) is 19.8 Å². The summed E-state index contributed by atoms with van der Waals surface area (Å²) in [6, 6.07) is -0.465. The Morgan fingerprint density at radius 2 is 2.31 bits per heavy atom. The average molecular weight is 188 g/mol. The lowest BCUT2D eigenvalue weighted by Gasteiger charge is -2.32. The first kappa shape index (κ1) is 9.95. The molecule has 0 bridgehead atoms. The molecule has 1 saturated heterocycles. The van der Waals surface area contributed by atoms with E-state index in [1.165, 1.54) is 4.90 Å². The second-order valence-electron chi connectivity index (χ2n) is 3.02. The summed E-state index contributed by atoms with van der Waals surface area (Å²) in [6.07, 6.45) is 0.295. The molecule has 0 aliphatic carbocycles. The zero-order chi connectivity index (χ0) is 9.84. The molecule has 0 saturated carbocycles. The van der Waals surface area contributed by atoms with Gasteiger partial charge >= 0.3 is 0 Å². The Balaban J connectivity index is 2.55. The molecule has 5 heteroatoms. The summed E-state index contributed by atoms with van der Waals surface area (Å²) in [7, 11) is 0. The van der Waals surface area contributed by atoms with E-state index in [2.05, 4.69) is 5.32 Å². The van der Waals surface area contributed by atoms with Crippen LogP contribution in [0.4, 0.5) is 4.39 Å². The van der Waals surface area contributed by atoms with Gasteiger partial charge in [-0.3, -0.25) is 14.0 Å². The highest BCUT2D eigenvalue weighted by Crippen LogP contribution is 2.05. The van der Waals surface area contributed by atoms with Crippen LogP contribution < -0.4 is 5.32 Å². The standard InChI is InChI=1S/C8H13FN2O2/c1-6-8(13)10-5-7(12)11(6)4-2-3-9/h6H,2-5H2,1H3,(H,10,13). The van der Waals surface area contributed by atoms with Gasteiger partial charge in [-0.05, 0) is 13.3 Å². The Kier molecular flexibility index (Phi) is 3.22. The van der Waals surface area contributed by atoms with Gasteiger partial charge in [0.05, 0.1) is 13.2 Å². The number of nitrogens with one attached hydrogen (secondary N) is 1. The predicted molar refractivity (Wildman–Crippen MR) is 44.8 cm³/mol. The van der Waals surface area contributed by atoms with Crippen molar-refractivity contribution in [2.45, 2.75) is 19.4 Å². The first-order chi connectivity index (χ1) is 6.16. The maximum absolute atomic E-state index is 11.9. The minimum atomic E-state index is -0.465. The summed E-state index contributed by atoms with van der Waals surface area (Å²) in [6.45, 7) is 1.54. The molecule has 1 fully saturated rings. The van der Waals surface area contributed by atoms with Crippen molar-refractivity contribution in [3.8, 4) is 0 Å². The van der Waals surface area contributed by atoms with Crippen LogP contribution in [0, 0.1) is 0 Å². The molecule has 1 N–H and O–H groups in total. The van der Waals surface area contributed by atoms with Crippen LogP contribution in [0.1, 0.15) is 13.3 Å². The lowest BCUT2D eigenvalue weighted by Crippen LogP contribution is -2.57. The summed E-state index contributed by atoms with van der Waals surface area (Å²) in [5, 5.41) is 2.46. The molecule has 13 heavy (non-hydrogen) atoms. The highest BCUT2D eigenvalue weighted by molar-refractivity contribution is 5.94. The van der Waals surface area contributed by atoms with E-state index in [0.29, 0.717) is 13.0 Å². The van der Waals surface area contributed by atoms with Crippen LogP contribution in [0.5, 0.6) is 0 Å². The van der Waals surface area contributed by atoms with Crippen LogP contribution in [0.15, 0.2) is 0 Å². The van der Waals surface area contributed by atoms with E-state index in [1.54, 1.807) is 6.92 Å². The first-order valence-corrected chi connectivity index (χ1v) is 4.30. The van der Waals surface area contributed by atoms with Crippen molar-refractivity contribution in [2.24, 2.45) is 0 Å². The van der Waals surface area contributed by atoms with Crippen molar-refractivity contribution in [3.63, 3.8) is 0 Å². The fraction of sp³-hybridized carbons (Fsp3) is 0.750. The minimum absolute atomic E-state index is 0.0372. The van der Waals surface area contributed by atoms with E-state index < -0.39 is 12.7 Å². The molecule has 0 spiro atoms. The highest BCUT2D eigenvalue weighted by atomic mass is 19.1. The Morgan fingerprint density at radius 1 is 1.62 bits per heavy atom. The zero-order valence-electron chi connectivity index (χ0n) is 7.55. The largest absolute Gasteiger partial charge is 0.345 e. The number of rotatable bonds is 3. The summed E-state index contributed by atoms with van der Waals surface area (Å²) < 4.78 is 11.9. The van der Waals surface area contributed by atoms with Crippen molar-refractivity contribution >= 4 is 11.8 Å². The fourth-order valence-electron chi connectivity index (χ4n) is 1.32. The lowest BCUT2D eigenvalue weighted by molar-refractivity contribution is -0.144. The zero-order valence-corrected chi connectivity index (χ0v) is 7.55. The van der Waals surface area contributed by atoms with Gasteiger partial charge in [0.1, 0.15) is 6.04 Å². The third kappa shape index (κ3) is 2.17. The summed E-state index contributed by atoms with van der Waals surface area (Å²) in [5.41, 5.74) is 0. The first-order valence-electron chi connectivity index (χ1n) is 4.30. The molecule has 2 amide bonds. The number of halogens is 1. The molecule has 1 atom stereocenters. The Bertz CT molecular complexity index is 220. The van der Waals surface area contributed by atoms with E-state index in [-0.39, 0.29) is 18.4 Å². The van der Waals surface area contributed by atoms with Crippen LogP contribution in [0.2, 0.25) is 0 Å². The second kappa shape index (κ2) is 4.20. The van der Waals surface area contributed by atoms with Crippen LogP contribution in [0.3, 0.4) is 0 Å². The maximum atomic E-state index is 11.9. The Morgan fingerprint density at radius 3 is 2.92 bits per heavy atom. The third-order valence-corrected chi connectivity index (χ3v) is 2.11. The summed E-state index contributed by atoms with van der Waals surface area (Å²) in [5.74, 6) is -0.306. The number of nitrogens with zero attached hydrogens (tertiary/aromatic N) is 1. The monoisotopic (exact) mass is 188 g/mol. The number of hydrogen-bond acceptors (Lipinski definition) is 2. The predicted octanol–water partition coefficient (Wildman–Crippen LogP) is -0.307. The van der Waals surface area contributed by atoms with Crippen molar-refractivity contribution in [1.82, 2.24) is 10.2 Å². The van der Waals surface area contributed by atoms with Gasteiger partial charge in [0.2, 0.25) is 11.8 Å². The molecule has 4 nitrogen and oxygen atoms in total. The van der Waals surface area contributed by atoms with Gasteiger partial charge in [-0.2, -0.15) is 0 Å². The van der Waals surface area contributed by atoms with E-state index in [9.17, 15) is 14.0 Å². The van der Waals surface area contributed by atoms with E-state index in [0.717, 1.165) is 0 Å². The molecule has 0 aromatic carbocycles. The number of piperazine rings is 1. The van der Waals surface area contributed by atoms with Gasteiger partial charge < -0.3 is 10.2 Å². The fourth-order valence-corrected chi connectivity index (χ4v) is 1.32. The average Bonchev–Trinajstić information content (AvgIpc) is 2.12. The molecule has 0 aromatic rings. The third-order valence-electron chi connectivity index (χ3n) is 2.11. The lowest BCUT2D eigenvalue weighted by atomic mass is 10.2. The van der Waals surface area contributed by atoms with Gasteiger partial charge in [0.25, 0.3) is 0 Å². The SMILES string of the molecule is CC1C(=O)NCC(=O)N1CCCF. The van der Waals surface area contributed by atoms with Crippen molar-refractivity contribution in [1.29, 1.82) is 0 Å². The molecule has 0 radical (unpaired) electrons. The van der Waals surface area contributed by atoms with E-state index in [1.807, 2.05) is 0 Å². The molecule has 1 heterocycles. The van der Waals surface area contributed by atoms with Gasteiger partial charge in [0.15, 0.2) is 0 Å². The van der Waals surface area contributed by atoms with Crippen molar-refractivity contribution in [3.05, 3.63) is 0 Å². The molecule has 1 aliphatic heterocycles. The molecule has 0 aromatic heterocycles.